The second-order valence-electron chi connectivity index (χ2n) is 4.66. The Bertz CT molecular complexity index is 427. The summed E-state index contributed by atoms with van der Waals surface area (Å²) in [4.78, 5) is 0. The molecular weight excluding hydrogens is 206 g/mol. The van der Waals surface area contributed by atoms with Gasteiger partial charge in [0, 0.05) is 11.1 Å². The van der Waals surface area contributed by atoms with Crippen LogP contribution in [0.5, 0.6) is 17.2 Å². The Morgan fingerprint density at radius 3 is 2.88 bits per heavy atom. The van der Waals surface area contributed by atoms with E-state index in [9.17, 15) is 5.11 Å². The molecule has 1 heterocycles. The van der Waals surface area contributed by atoms with E-state index in [-0.39, 0.29) is 18.1 Å². The molecule has 2 aliphatic rings. The van der Waals surface area contributed by atoms with Gasteiger partial charge >= 0.3 is 0 Å². The third-order valence-corrected chi connectivity index (χ3v) is 3.38. The zero-order valence-corrected chi connectivity index (χ0v) is 9.03. The van der Waals surface area contributed by atoms with E-state index < -0.39 is 0 Å². The summed E-state index contributed by atoms with van der Waals surface area (Å²) in [5, 5.41) is 9.82. The molecule has 3 rings (SSSR count). The van der Waals surface area contributed by atoms with Crippen molar-refractivity contribution in [2.24, 2.45) is 5.73 Å². The van der Waals surface area contributed by atoms with Gasteiger partial charge in [-0.1, -0.05) is 0 Å². The van der Waals surface area contributed by atoms with E-state index in [1.165, 1.54) is 0 Å². The molecule has 0 amide bonds. The largest absolute Gasteiger partial charge is 0.508 e. The first-order chi connectivity index (χ1) is 7.68. The first-order valence-corrected chi connectivity index (χ1v) is 5.57. The SMILES string of the molecule is NC1(CCc2c(O)ccc3c2OCO3)CC1. The topological polar surface area (TPSA) is 64.7 Å². The van der Waals surface area contributed by atoms with Crippen LogP contribution < -0.4 is 15.2 Å². The minimum atomic E-state index is -0.00533. The molecule has 1 aliphatic carbocycles. The molecule has 0 aromatic heterocycles. The smallest absolute Gasteiger partial charge is 0.231 e. The lowest BCUT2D eigenvalue weighted by Crippen LogP contribution is -2.22. The highest BCUT2D eigenvalue weighted by Crippen LogP contribution is 2.43. The van der Waals surface area contributed by atoms with Crippen molar-refractivity contribution < 1.29 is 14.6 Å². The number of rotatable bonds is 3. The maximum Gasteiger partial charge on any atom is 0.231 e. The van der Waals surface area contributed by atoms with Gasteiger partial charge < -0.3 is 20.3 Å². The van der Waals surface area contributed by atoms with Crippen LogP contribution in [-0.4, -0.2) is 17.4 Å². The average molecular weight is 221 g/mol. The van der Waals surface area contributed by atoms with Crippen LogP contribution in [-0.2, 0) is 6.42 Å². The maximum atomic E-state index is 9.82. The molecule has 16 heavy (non-hydrogen) atoms. The van der Waals surface area contributed by atoms with Crippen LogP contribution in [0.4, 0.5) is 0 Å². The second kappa shape index (κ2) is 3.28. The van der Waals surface area contributed by atoms with Crippen molar-refractivity contribution in [2.75, 3.05) is 6.79 Å². The predicted octanol–water partition coefficient (Wildman–Crippen LogP) is 1.54. The third-order valence-electron chi connectivity index (χ3n) is 3.38. The Morgan fingerprint density at radius 1 is 1.31 bits per heavy atom. The number of hydrogen-bond donors (Lipinski definition) is 2. The molecular formula is C12H15NO3. The molecule has 0 unspecified atom stereocenters. The van der Waals surface area contributed by atoms with Crippen molar-refractivity contribution in [3.8, 4) is 17.2 Å². The number of fused-ring (bicyclic) bond motifs is 1. The van der Waals surface area contributed by atoms with E-state index in [2.05, 4.69) is 0 Å². The molecule has 0 atom stereocenters. The molecule has 86 valence electrons. The lowest BCUT2D eigenvalue weighted by atomic mass is 10.0. The highest BCUT2D eigenvalue weighted by Gasteiger charge is 2.38. The van der Waals surface area contributed by atoms with Crippen LogP contribution in [0, 0.1) is 0 Å². The van der Waals surface area contributed by atoms with Gasteiger partial charge in [0.2, 0.25) is 6.79 Å². The van der Waals surface area contributed by atoms with Gasteiger partial charge in [0.05, 0.1) is 0 Å². The van der Waals surface area contributed by atoms with Gasteiger partial charge in [-0.15, -0.1) is 0 Å². The fourth-order valence-corrected chi connectivity index (χ4v) is 2.05. The average Bonchev–Trinajstić information content (AvgIpc) is 2.81. The summed E-state index contributed by atoms with van der Waals surface area (Å²) in [6.45, 7) is 0.236. The Balaban J connectivity index is 1.84. The minimum absolute atomic E-state index is 0.00533. The minimum Gasteiger partial charge on any atom is -0.508 e. The Hall–Kier alpha value is -1.42. The Kier molecular flexibility index (Phi) is 2.01. The van der Waals surface area contributed by atoms with Crippen LogP contribution in [0.2, 0.25) is 0 Å². The highest BCUT2D eigenvalue weighted by atomic mass is 16.7. The van der Waals surface area contributed by atoms with Gasteiger partial charge in [0.15, 0.2) is 11.5 Å². The molecule has 0 spiro atoms. The van der Waals surface area contributed by atoms with Crippen LogP contribution in [0.25, 0.3) is 0 Å². The van der Waals surface area contributed by atoms with Crippen LogP contribution in [0.15, 0.2) is 12.1 Å². The van der Waals surface area contributed by atoms with Crippen molar-refractivity contribution in [1.29, 1.82) is 0 Å². The van der Waals surface area contributed by atoms with Crippen LogP contribution in [0.3, 0.4) is 0 Å². The van der Waals surface area contributed by atoms with Crippen LogP contribution in [0.1, 0.15) is 24.8 Å². The molecule has 1 aromatic carbocycles. The molecule has 0 bridgehead atoms. The number of phenols is 1. The maximum absolute atomic E-state index is 9.82. The van der Waals surface area contributed by atoms with E-state index in [1.807, 2.05) is 0 Å². The van der Waals surface area contributed by atoms with E-state index in [4.69, 9.17) is 15.2 Å². The molecule has 0 saturated heterocycles. The molecule has 1 aromatic rings. The van der Waals surface area contributed by atoms with Crippen molar-refractivity contribution in [3.63, 3.8) is 0 Å². The quantitative estimate of drug-likeness (QED) is 0.812. The van der Waals surface area contributed by atoms with Crippen molar-refractivity contribution >= 4 is 0 Å². The molecule has 4 nitrogen and oxygen atoms in total. The second-order valence-corrected chi connectivity index (χ2v) is 4.66. The van der Waals surface area contributed by atoms with Gasteiger partial charge in [0.25, 0.3) is 0 Å². The number of nitrogens with two attached hydrogens (primary N) is 1. The summed E-state index contributed by atoms with van der Waals surface area (Å²) < 4.78 is 10.7. The molecule has 3 N–H and O–H groups in total. The lowest BCUT2D eigenvalue weighted by Gasteiger charge is -2.11. The van der Waals surface area contributed by atoms with Crippen molar-refractivity contribution in [1.82, 2.24) is 0 Å². The molecule has 1 aliphatic heterocycles. The van der Waals surface area contributed by atoms with Gasteiger partial charge in [-0.2, -0.15) is 0 Å². The molecule has 1 fully saturated rings. The number of hydrogen-bond acceptors (Lipinski definition) is 4. The van der Waals surface area contributed by atoms with E-state index in [1.54, 1.807) is 12.1 Å². The zero-order chi connectivity index (χ0) is 11.2. The monoisotopic (exact) mass is 221 g/mol. The van der Waals surface area contributed by atoms with E-state index in [0.717, 1.165) is 37.0 Å². The summed E-state index contributed by atoms with van der Waals surface area (Å²) in [6.07, 6.45) is 3.80. The van der Waals surface area contributed by atoms with Crippen LogP contribution >= 0.6 is 0 Å². The Labute approximate surface area is 94.0 Å². The number of ether oxygens (including phenoxy) is 2. The number of aromatic hydroxyl groups is 1. The van der Waals surface area contributed by atoms with Crippen molar-refractivity contribution in [2.45, 2.75) is 31.2 Å². The normalized spacial score (nSPS) is 19.8. The summed E-state index contributed by atoms with van der Waals surface area (Å²) in [7, 11) is 0. The number of benzene rings is 1. The van der Waals surface area contributed by atoms with Gasteiger partial charge in [-0.05, 0) is 37.8 Å². The fourth-order valence-electron chi connectivity index (χ4n) is 2.05. The summed E-state index contributed by atoms with van der Waals surface area (Å²) in [6, 6.07) is 3.38. The van der Waals surface area contributed by atoms with Gasteiger partial charge in [-0.25, -0.2) is 0 Å². The van der Waals surface area contributed by atoms with E-state index >= 15 is 0 Å². The van der Waals surface area contributed by atoms with Crippen molar-refractivity contribution in [3.05, 3.63) is 17.7 Å². The van der Waals surface area contributed by atoms with Gasteiger partial charge in [0.1, 0.15) is 5.75 Å². The predicted molar refractivity (Wildman–Crippen MR) is 58.7 cm³/mol. The summed E-state index contributed by atoms with van der Waals surface area (Å²) in [5.41, 5.74) is 6.86. The van der Waals surface area contributed by atoms with Gasteiger partial charge in [-0.3, -0.25) is 0 Å². The highest BCUT2D eigenvalue weighted by molar-refractivity contribution is 5.54. The Morgan fingerprint density at radius 2 is 2.12 bits per heavy atom. The van der Waals surface area contributed by atoms with E-state index in [0.29, 0.717) is 5.75 Å². The fraction of sp³-hybridized carbons (Fsp3) is 0.500. The lowest BCUT2D eigenvalue weighted by molar-refractivity contribution is 0.173. The molecule has 4 heteroatoms. The number of phenolic OH excluding ortho intramolecular Hbond substituents is 1. The summed E-state index contributed by atoms with van der Waals surface area (Å²) >= 11 is 0. The first-order valence-electron chi connectivity index (χ1n) is 5.57. The first kappa shape index (κ1) is 9.78. The standard InChI is InChI=1S/C12H15NO3/c13-12(5-6-12)4-3-8-9(14)1-2-10-11(8)16-7-15-10/h1-2,14H,3-7,13H2. The zero-order valence-electron chi connectivity index (χ0n) is 9.03. The molecule has 0 radical (unpaired) electrons. The summed E-state index contributed by atoms with van der Waals surface area (Å²) in [5.74, 6) is 1.67. The molecule has 1 saturated carbocycles. The third kappa shape index (κ3) is 1.59.